The molecule has 112 valence electrons. The second-order valence-corrected chi connectivity index (χ2v) is 6.81. The normalized spacial score (nSPS) is 11.7. The van der Waals surface area contributed by atoms with Gasteiger partial charge in [0.05, 0.1) is 0 Å². The summed E-state index contributed by atoms with van der Waals surface area (Å²) in [6.45, 7) is 10.3. The first kappa shape index (κ1) is 15.4. The molecule has 0 aliphatic heterocycles. The number of phenols is 2. The van der Waals surface area contributed by atoms with Crippen molar-refractivity contribution in [1.29, 1.82) is 0 Å². The third kappa shape index (κ3) is 3.21. The van der Waals surface area contributed by atoms with Crippen LogP contribution in [0.25, 0.3) is 0 Å². The van der Waals surface area contributed by atoms with Gasteiger partial charge in [-0.1, -0.05) is 50.6 Å². The van der Waals surface area contributed by atoms with Gasteiger partial charge in [-0.15, -0.1) is 0 Å². The van der Waals surface area contributed by atoms with Crippen LogP contribution in [-0.2, 0) is 11.8 Å². The van der Waals surface area contributed by atoms with Gasteiger partial charge in [0.25, 0.3) is 0 Å². The summed E-state index contributed by atoms with van der Waals surface area (Å²) in [5.74, 6) is 0.673. The molecule has 0 bridgehead atoms. The summed E-state index contributed by atoms with van der Waals surface area (Å²) in [4.78, 5) is 0. The lowest BCUT2D eigenvalue weighted by Gasteiger charge is -2.23. The highest BCUT2D eigenvalue weighted by molar-refractivity contribution is 5.50. The Labute approximate surface area is 127 Å². The molecule has 0 aliphatic rings. The van der Waals surface area contributed by atoms with E-state index in [-0.39, 0.29) is 5.41 Å². The summed E-state index contributed by atoms with van der Waals surface area (Å²) in [5, 5.41) is 20.4. The van der Waals surface area contributed by atoms with Crippen LogP contribution in [-0.4, -0.2) is 10.2 Å². The lowest BCUT2D eigenvalue weighted by atomic mass is 9.83. The van der Waals surface area contributed by atoms with Crippen LogP contribution in [0, 0.1) is 13.8 Å². The van der Waals surface area contributed by atoms with E-state index in [0.29, 0.717) is 17.9 Å². The van der Waals surface area contributed by atoms with Gasteiger partial charge in [-0.25, -0.2) is 0 Å². The fraction of sp³-hybridized carbons (Fsp3) is 0.368. The summed E-state index contributed by atoms with van der Waals surface area (Å²) in [6, 6.07) is 9.60. The Kier molecular flexibility index (Phi) is 3.99. The molecule has 0 spiro atoms. The third-order valence-electron chi connectivity index (χ3n) is 3.94. The maximum atomic E-state index is 10.6. The van der Waals surface area contributed by atoms with Crippen molar-refractivity contribution in [2.75, 3.05) is 0 Å². The molecule has 0 radical (unpaired) electrons. The van der Waals surface area contributed by atoms with E-state index in [4.69, 9.17) is 0 Å². The third-order valence-corrected chi connectivity index (χ3v) is 3.94. The van der Waals surface area contributed by atoms with E-state index in [9.17, 15) is 10.2 Å². The summed E-state index contributed by atoms with van der Waals surface area (Å²) < 4.78 is 0. The summed E-state index contributed by atoms with van der Waals surface area (Å²) in [7, 11) is 0. The average molecular weight is 284 g/mol. The minimum atomic E-state index is -0.0985. The van der Waals surface area contributed by atoms with Crippen molar-refractivity contribution in [1.82, 2.24) is 0 Å². The van der Waals surface area contributed by atoms with Gasteiger partial charge in [-0.2, -0.15) is 0 Å². The van der Waals surface area contributed by atoms with Crippen LogP contribution in [0.1, 0.15) is 48.6 Å². The maximum absolute atomic E-state index is 10.6. The van der Waals surface area contributed by atoms with Crippen LogP contribution in [0.15, 0.2) is 30.3 Å². The highest BCUT2D eigenvalue weighted by atomic mass is 16.3. The van der Waals surface area contributed by atoms with Crippen molar-refractivity contribution in [3.05, 3.63) is 58.1 Å². The predicted molar refractivity (Wildman–Crippen MR) is 87.2 cm³/mol. The predicted octanol–water partition coefficient (Wildman–Crippen LogP) is 4.60. The van der Waals surface area contributed by atoms with E-state index >= 15 is 0 Å². The van der Waals surface area contributed by atoms with Crippen LogP contribution < -0.4 is 0 Å². The molecule has 2 N–H and O–H groups in total. The zero-order valence-electron chi connectivity index (χ0n) is 13.5. The molecule has 0 atom stereocenters. The number of phenolic OH excluding ortho intramolecular Hbond substituents is 2. The number of aromatic hydroxyl groups is 2. The molecule has 2 rings (SSSR count). The molecule has 0 saturated carbocycles. The van der Waals surface area contributed by atoms with Crippen LogP contribution in [0.2, 0.25) is 0 Å². The fourth-order valence-corrected chi connectivity index (χ4v) is 2.63. The van der Waals surface area contributed by atoms with Crippen LogP contribution >= 0.6 is 0 Å². The van der Waals surface area contributed by atoms with Gasteiger partial charge in [0.1, 0.15) is 11.5 Å². The number of hydrogen-bond acceptors (Lipinski definition) is 2. The van der Waals surface area contributed by atoms with Gasteiger partial charge in [-0.05, 0) is 47.6 Å². The van der Waals surface area contributed by atoms with Crippen molar-refractivity contribution < 1.29 is 10.2 Å². The van der Waals surface area contributed by atoms with Gasteiger partial charge < -0.3 is 10.2 Å². The van der Waals surface area contributed by atoms with Crippen LogP contribution in [0.4, 0.5) is 0 Å². The molecule has 0 unspecified atom stereocenters. The molecular weight excluding hydrogens is 260 g/mol. The minimum Gasteiger partial charge on any atom is -0.508 e. The van der Waals surface area contributed by atoms with Gasteiger partial charge in [0.15, 0.2) is 0 Å². The monoisotopic (exact) mass is 284 g/mol. The molecule has 2 nitrogen and oxygen atoms in total. The van der Waals surface area contributed by atoms with Gasteiger partial charge >= 0.3 is 0 Å². The smallest absolute Gasteiger partial charge is 0.122 e. The minimum absolute atomic E-state index is 0.0985. The number of hydrogen-bond donors (Lipinski definition) is 2. The molecule has 0 saturated heterocycles. The van der Waals surface area contributed by atoms with Crippen molar-refractivity contribution in [2.24, 2.45) is 0 Å². The molecule has 2 aromatic rings. The first-order valence-corrected chi connectivity index (χ1v) is 7.30. The SMILES string of the molecule is Cc1cc(Cc2cccc(O)c2C)c(O)c(C(C)(C)C)c1. The van der Waals surface area contributed by atoms with E-state index in [1.807, 2.05) is 38.1 Å². The van der Waals surface area contributed by atoms with E-state index in [1.54, 1.807) is 6.07 Å². The fourth-order valence-electron chi connectivity index (χ4n) is 2.63. The average Bonchev–Trinajstić information content (AvgIpc) is 2.37. The Morgan fingerprint density at radius 3 is 2.24 bits per heavy atom. The van der Waals surface area contributed by atoms with Crippen LogP contribution in [0.3, 0.4) is 0 Å². The Hall–Kier alpha value is -1.96. The van der Waals surface area contributed by atoms with E-state index < -0.39 is 0 Å². The quantitative estimate of drug-likeness (QED) is 0.846. The standard InChI is InChI=1S/C19H24O2/c1-12-9-15(18(21)16(10-12)19(3,4)5)11-14-7-6-8-17(20)13(14)2/h6-10,20-21H,11H2,1-5H3. The molecule has 2 aromatic carbocycles. The van der Waals surface area contributed by atoms with Crippen molar-refractivity contribution >= 4 is 0 Å². The topological polar surface area (TPSA) is 40.5 Å². The maximum Gasteiger partial charge on any atom is 0.122 e. The molecule has 0 aromatic heterocycles. The summed E-state index contributed by atoms with van der Waals surface area (Å²) >= 11 is 0. The first-order chi connectivity index (χ1) is 9.70. The lowest BCUT2D eigenvalue weighted by molar-refractivity contribution is 0.440. The molecular formula is C19H24O2. The lowest BCUT2D eigenvalue weighted by Crippen LogP contribution is -2.12. The Morgan fingerprint density at radius 1 is 0.952 bits per heavy atom. The Balaban J connectivity index is 2.50. The van der Waals surface area contributed by atoms with Gasteiger partial charge in [0.2, 0.25) is 0 Å². The zero-order valence-corrected chi connectivity index (χ0v) is 13.5. The van der Waals surface area contributed by atoms with Crippen LogP contribution in [0.5, 0.6) is 11.5 Å². The van der Waals surface area contributed by atoms with E-state index in [1.165, 1.54) is 0 Å². The van der Waals surface area contributed by atoms with Crippen molar-refractivity contribution in [2.45, 2.75) is 46.5 Å². The second-order valence-electron chi connectivity index (χ2n) is 6.81. The number of aryl methyl sites for hydroxylation is 1. The highest BCUT2D eigenvalue weighted by Gasteiger charge is 2.21. The largest absolute Gasteiger partial charge is 0.508 e. The summed E-state index contributed by atoms with van der Waals surface area (Å²) in [6.07, 6.45) is 0.622. The first-order valence-electron chi connectivity index (χ1n) is 7.30. The molecule has 2 heteroatoms. The molecule has 0 heterocycles. The molecule has 0 amide bonds. The van der Waals surface area contributed by atoms with Gasteiger partial charge in [0, 0.05) is 6.42 Å². The molecule has 21 heavy (non-hydrogen) atoms. The number of rotatable bonds is 2. The number of benzene rings is 2. The summed E-state index contributed by atoms with van der Waals surface area (Å²) in [5.41, 5.74) is 4.83. The van der Waals surface area contributed by atoms with E-state index in [2.05, 4.69) is 20.8 Å². The highest BCUT2D eigenvalue weighted by Crippen LogP contribution is 2.36. The van der Waals surface area contributed by atoms with Crippen molar-refractivity contribution in [3.63, 3.8) is 0 Å². The zero-order chi connectivity index (χ0) is 15.8. The molecule has 0 aliphatic carbocycles. The van der Waals surface area contributed by atoms with E-state index in [0.717, 1.165) is 27.8 Å². The van der Waals surface area contributed by atoms with Crippen molar-refractivity contribution in [3.8, 4) is 11.5 Å². The Bertz CT molecular complexity index is 664. The second kappa shape index (κ2) is 5.44. The van der Waals surface area contributed by atoms with Gasteiger partial charge in [-0.3, -0.25) is 0 Å². The molecule has 0 fully saturated rings. The Morgan fingerprint density at radius 2 is 1.62 bits per heavy atom.